The van der Waals surface area contributed by atoms with E-state index in [1.165, 1.54) is 20.2 Å². The molecule has 0 fully saturated rings. The van der Waals surface area contributed by atoms with Gasteiger partial charge in [-0.2, -0.15) is 0 Å². The molecule has 0 aromatic heterocycles. The molecule has 0 atom stereocenters. The predicted molar refractivity (Wildman–Crippen MR) is 71.5 cm³/mol. The molecule has 0 saturated carbocycles. The van der Waals surface area contributed by atoms with Crippen molar-refractivity contribution in [1.82, 2.24) is 4.31 Å². The van der Waals surface area contributed by atoms with Gasteiger partial charge in [0.25, 0.3) is 0 Å². The van der Waals surface area contributed by atoms with Crippen molar-refractivity contribution in [3.63, 3.8) is 0 Å². The topological polar surface area (TPSA) is 75.4 Å². The number of hydrogen-bond acceptors (Lipinski definition) is 4. The van der Waals surface area contributed by atoms with Crippen molar-refractivity contribution in [3.05, 3.63) is 23.5 Å². The van der Waals surface area contributed by atoms with Crippen LogP contribution in [0.1, 0.15) is 5.56 Å². The summed E-state index contributed by atoms with van der Waals surface area (Å²) in [5.74, 6) is -0.422. The number of nitrogens with zero attached hydrogens (tertiary/aromatic N) is 1. The average Bonchev–Trinajstić information content (AvgIpc) is 2.25. The van der Waals surface area contributed by atoms with Crippen LogP contribution >= 0.6 is 0 Å². The first-order chi connectivity index (χ1) is 8.24. The molecule has 0 aliphatic carbocycles. The summed E-state index contributed by atoms with van der Waals surface area (Å²) < 4.78 is 37.4. The van der Waals surface area contributed by atoms with Crippen LogP contribution in [0, 0.1) is 12.7 Å². The second-order valence-corrected chi connectivity index (χ2v) is 6.52. The summed E-state index contributed by atoms with van der Waals surface area (Å²) in [7, 11) is -0.288. The van der Waals surface area contributed by atoms with E-state index in [2.05, 4.69) is 5.32 Å². The number of benzene rings is 1. The standard InChI is InChI=1S/C11H18FN3O2S/c1-8-6-11(10(13)7-9(8)12)14-4-5-18(16,17)15(2)3/h6-7,14H,4-5,13H2,1-3H3. The lowest BCUT2D eigenvalue weighted by Crippen LogP contribution is -2.28. The van der Waals surface area contributed by atoms with Crippen LogP contribution in [0.5, 0.6) is 0 Å². The molecular formula is C11H18FN3O2S. The third-order valence-corrected chi connectivity index (χ3v) is 4.40. The van der Waals surface area contributed by atoms with Crippen LogP contribution in [0.25, 0.3) is 0 Å². The zero-order chi connectivity index (χ0) is 13.9. The normalized spacial score (nSPS) is 11.8. The Bertz CT molecular complexity index is 529. The molecule has 0 aliphatic rings. The van der Waals surface area contributed by atoms with Crippen LogP contribution in [0.4, 0.5) is 15.8 Å². The largest absolute Gasteiger partial charge is 0.397 e. The molecule has 1 rings (SSSR count). The van der Waals surface area contributed by atoms with Crippen molar-refractivity contribution in [3.8, 4) is 0 Å². The van der Waals surface area contributed by atoms with Crippen molar-refractivity contribution in [1.29, 1.82) is 0 Å². The van der Waals surface area contributed by atoms with Gasteiger partial charge in [-0.1, -0.05) is 0 Å². The van der Waals surface area contributed by atoms with E-state index in [1.807, 2.05) is 0 Å². The van der Waals surface area contributed by atoms with E-state index in [0.717, 1.165) is 4.31 Å². The number of rotatable bonds is 5. The van der Waals surface area contributed by atoms with Crippen LogP contribution in [0.3, 0.4) is 0 Å². The van der Waals surface area contributed by atoms with E-state index in [1.54, 1.807) is 13.0 Å². The number of halogens is 1. The Labute approximate surface area is 107 Å². The van der Waals surface area contributed by atoms with Gasteiger partial charge in [-0.3, -0.25) is 0 Å². The lowest BCUT2D eigenvalue weighted by Gasteiger charge is -2.13. The number of aryl methyl sites for hydroxylation is 1. The van der Waals surface area contributed by atoms with E-state index in [4.69, 9.17) is 5.73 Å². The summed E-state index contributed by atoms with van der Waals surface area (Å²) in [5, 5.41) is 2.89. The average molecular weight is 275 g/mol. The van der Waals surface area contributed by atoms with Gasteiger partial charge in [-0.15, -0.1) is 0 Å². The zero-order valence-corrected chi connectivity index (χ0v) is 11.5. The maximum Gasteiger partial charge on any atom is 0.215 e. The van der Waals surface area contributed by atoms with E-state index < -0.39 is 10.0 Å². The van der Waals surface area contributed by atoms with E-state index in [9.17, 15) is 12.8 Å². The van der Waals surface area contributed by atoms with Crippen molar-refractivity contribution < 1.29 is 12.8 Å². The summed E-state index contributed by atoms with van der Waals surface area (Å²) in [6, 6.07) is 2.78. The van der Waals surface area contributed by atoms with Crippen LogP contribution < -0.4 is 11.1 Å². The summed E-state index contributed by atoms with van der Waals surface area (Å²) in [6.45, 7) is 1.84. The summed E-state index contributed by atoms with van der Waals surface area (Å²) in [5.41, 5.74) is 6.91. The molecule has 0 spiro atoms. The number of anilines is 2. The number of hydrogen-bond donors (Lipinski definition) is 2. The fraction of sp³-hybridized carbons (Fsp3) is 0.455. The van der Waals surface area contributed by atoms with Crippen molar-refractivity contribution in [2.75, 3.05) is 37.4 Å². The second-order valence-electron chi connectivity index (χ2n) is 4.21. The fourth-order valence-corrected chi connectivity index (χ4v) is 2.07. The highest BCUT2D eigenvalue weighted by Gasteiger charge is 2.13. The van der Waals surface area contributed by atoms with Gasteiger partial charge in [0.15, 0.2) is 0 Å². The molecule has 1 aromatic rings. The van der Waals surface area contributed by atoms with Crippen molar-refractivity contribution in [2.24, 2.45) is 0 Å². The Morgan fingerprint density at radius 2 is 2.00 bits per heavy atom. The molecule has 102 valence electrons. The Kier molecular flexibility index (Phi) is 4.53. The number of nitrogen functional groups attached to an aromatic ring is 1. The predicted octanol–water partition coefficient (Wildman–Crippen LogP) is 1.02. The molecular weight excluding hydrogens is 257 g/mol. The maximum atomic E-state index is 13.2. The lowest BCUT2D eigenvalue weighted by atomic mass is 10.2. The highest BCUT2D eigenvalue weighted by atomic mass is 32.2. The summed E-state index contributed by atoms with van der Waals surface area (Å²) in [4.78, 5) is 0. The zero-order valence-electron chi connectivity index (χ0n) is 10.7. The van der Waals surface area contributed by atoms with Crippen LogP contribution in [0.15, 0.2) is 12.1 Å². The van der Waals surface area contributed by atoms with Gasteiger partial charge in [0, 0.05) is 20.6 Å². The van der Waals surface area contributed by atoms with Gasteiger partial charge in [-0.05, 0) is 24.6 Å². The summed E-state index contributed by atoms with van der Waals surface area (Å²) >= 11 is 0. The first-order valence-electron chi connectivity index (χ1n) is 5.43. The van der Waals surface area contributed by atoms with Gasteiger partial charge in [-0.25, -0.2) is 17.1 Å². The minimum absolute atomic E-state index is 0.0458. The Balaban J connectivity index is 2.68. The second kappa shape index (κ2) is 5.53. The maximum absolute atomic E-state index is 13.2. The number of sulfonamides is 1. The lowest BCUT2D eigenvalue weighted by molar-refractivity contribution is 0.521. The highest BCUT2D eigenvalue weighted by Crippen LogP contribution is 2.22. The number of nitrogens with one attached hydrogen (secondary N) is 1. The number of nitrogens with two attached hydrogens (primary N) is 1. The van der Waals surface area contributed by atoms with Gasteiger partial charge >= 0.3 is 0 Å². The molecule has 0 aliphatic heterocycles. The van der Waals surface area contributed by atoms with Gasteiger partial charge < -0.3 is 11.1 Å². The molecule has 1 aromatic carbocycles. The van der Waals surface area contributed by atoms with Crippen LogP contribution in [-0.4, -0.2) is 39.1 Å². The molecule has 0 heterocycles. The smallest absolute Gasteiger partial charge is 0.215 e. The highest BCUT2D eigenvalue weighted by molar-refractivity contribution is 7.89. The molecule has 3 N–H and O–H groups in total. The van der Waals surface area contributed by atoms with E-state index >= 15 is 0 Å². The van der Waals surface area contributed by atoms with E-state index in [0.29, 0.717) is 11.3 Å². The third kappa shape index (κ3) is 3.58. The van der Waals surface area contributed by atoms with Gasteiger partial charge in [0.2, 0.25) is 10.0 Å². The van der Waals surface area contributed by atoms with Gasteiger partial charge in [0.05, 0.1) is 17.1 Å². The molecule has 0 amide bonds. The van der Waals surface area contributed by atoms with Crippen LogP contribution in [-0.2, 0) is 10.0 Å². The molecule has 0 saturated heterocycles. The van der Waals surface area contributed by atoms with E-state index in [-0.39, 0.29) is 23.8 Å². The quantitative estimate of drug-likeness (QED) is 0.787. The Morgan fingerprint density at radius 3 is 2.56 bits per heavy atom. The first-order valence-corrected chi connectivity index (χ1v) is 7.04. The van der Waals surface area contributed by atoms with Crippen molar-refractivity contribution in [2.45, 2.75) is 6.92 Å². The van der Waals surface area contributed by atoms with Crippen molar-refractivity contribution >= 4 is 21.4 Å². The molecule has 7 heteroatoms. The molecule has 18 heavy (non-hydrogen) atoms. The summed E-state index contributed by atoms with van der Waals surface area (Å²) in [6.07, 6.45) is 0. The fourth-order valence-electron chi connectivity index (χ4n) is 1.35. The van der Waals surface area contributed by atoms with Gasteiger partial charge in [0.1, 0.15) is 5.82 Å². The SMILES string of the molecule is Cc1cc(NCCS(=O)(=O)N(C)C)c(N)cc1F. The Hall–Kier alpha value is -1.34. The third-order valence-electron chi connectivity index (χ3n) is 2.56. The Morgan fingerprint density at radius 1 is 1.39 bits per heavy atom. The molecule has 5 nitrogen and oxygen atoms in total. The molecule has 0 radical (unpaired) electrons. The molecule has 0 unspecified atom stereocenters. The van der Waals surface area contributed by atoms with Crippen LogP contribution in [0.2, 0.25) is 0 Å². The monoisotopic (exact) mass is 275 g/mol. The first kappa shape index (κ1) is 14.7. The minimum atomic E-state index is -3.24. The minimum Gasteiger partial charge on any atom is -0.397 e. The molecule has 0 bridgehead atoms.